The maximum atomic E-state index is 7.36. The van der Waals surface area contributed by atoms with Gasteiger partial charge in [-0.1, -0.05) is 0 Å². The van der Waals surface area contributed by atoms with E-state index < -0.39 is 0 Å². The van der Waals surface area contributed by atoms with Crippen molar-refractivity contribution in [3.63, 3.8) is 0 Å². The number of rotatable bonds is 2. The number of pyridine rings is 1. The summed E-state index contributed by atoms with van der Waals surface area (Å²) in [5, 5.41) is 7.36. The molecule has 6 rings (SSSR count). The molecule has 3 fully saturated rings. The average Bonchev–Trinajstić information content (AvgIpc) is 3.19. The van der Waals surface area contributed by atoms with Crippen LogP contribution in [-0.2, 0) is 6.42 Å². The van der Waals surface area contributed by atoms with Gasteiger partial charge in [0.1, 0.15) is 5.60 Å². The van der Waals surface area contributed by atoms with E-state index in [1.807, 2.05) is 12.3 Å². The zero-order valence-electron chi connectivity index (χ0n) is 12.9. The van der Waals surface area contributed by atoms with Gasteiger partial charge in [-0.2, -0.15) is 0 Å². The van der Waals surface area contributed by atoms with E-state index in [9.17, 15) is 0 Å². The Kier molecular flexibility index (Phi) is 2.91. The second kappa shape index (κ2) is 4.89. The molecule has 0 aromatic carbocycles. The van der Waals surface area contributed by atoms with Gasteiger partial charge in [-0.25, -0.2) is 4.98 Å². The van der Waals surface area contributed by atoms with Crippen molar-refractivity contribution in [3.05, 3.63) is 34.8 Å². The minimum atomic E-state index is -0.0278. The largest absolute Gasteiger partial charge is 0.469 e. The van der Waals surface area contributed by atoms with E-state index >= 15 is 0 Å². The lowest BCUT2D eigenvalue weighted by atomic mass is 9.73. The normalized spacial score (nSPS) is 31.1. The summed E-state index contributed by atoms with van der Waals surface area (Å²) in [7, 11) is 0. The molecule has 6 heterocycles. The zero-order chi connectivity index (χ0) is 15.4. The summed E-state index contributed by atoms with van der Waals surface area (Å²) < 4.78 is 6.40. The first-order chi connectivity index (χ1) is 11.3. The predicted octanol–water partition coefficient (Wildman–Crippen LogP) is 3.21. The number of fused-ring (bicyclic) bond motifs is 3. The summed E-state index contributed by atoms with van der Waals surface area (Å²) in [6.45, 7) is 3.51. The third kappa shape index (κ3) is 2.07. The molecular weight excluding hydrogens is 306 g/mol. The number of hydrogen-bond acceptors (Lipinski definition) is 5. The summed E-state index contributed by atoms with van der Waals surface area (Å²) in [5.74, 6) is 1.52. The standard InChI is InChI=1S/C18H19N3OS/c19-9-15-1-2-16(23-15)13-7-12-8-18(22-17(12)20-10-13)11-21-5-3-14(18)4-6-21/h1-2,7,9-10,14,19H,3-6,8,11H2/t18-/m0/s1. The van der Waals surface area contributed by atoms with Gasteiger partial charge in [0.05, 0.1) is 0 Å². The second-order valence-corrected chi connectivity index (χ2v) is 8.04. The molecule has 0 radical (unpaired) electrons. The smallest absolute Gasteiger partial charge is 0.217 e. The number of ether oxygens (including phenoxy) is 1. The minimum Gasteiger partial charge on any atom is -0.469 e. The molecule has 5 heteroatoms. The van der Waals surface area contributed by atoms with Gasteiger partial charge in [-0.15, -0.1) is 11.3 Å². The van der Waals surface area contributed by atoms with Crippen molar-refractivity contribution >= 4 is 17.6 Å². The summed E-state index contributed by atoms with van der Waals surface area (Å²) in [4.78, 5) is 9.31. The van der Waals surface area contributed by atoms with Crippen LogP contribution in [0.3, 0.4) is 0 Å². The fourth-order valence-electron chi connectivity index (χ4n) is 4.43. The van der Waals surface area contributed by atoms with E-state index in [1.165, 1.54) is 42.6 Å². The highest BCUT2D eigenvalue weighted by atomic mass is 32.1. The number of thiophene rings is 1. The molecule has 4 aliphatic rings. The van der Waals surface area contributed by atoms with Gasteiger partial charge in [-0.05, 0) is 44.1 Å². The van der Waals surface area contributed by atoms with Crippen LogP contribution in [0.15, 0.2) is 24.4 Å². The van der Waals surface area contributed by atoms with Crippen LogP contribution in [0.5, 0.6) is 5.88 Å². The highest BCUT2D eigenvalue weighted by molar-refractivity contribution is 7.17. The first-order valence-electron chi connectivity index (χ1n) is 8.27. The molecule has 1 N–H and O–H groups in total. The Morgan fingerprint density at radius 2 is 2.22 bits per heavy atom. The van der Waals surface area contributed by atoms with Crippen LogP contribution in [0.4, 0.5) is 0 Å². The number of piperidine rings is 3. The number of nitrogens with one attached hydrogen (secondary N) is 1. The van der Waals surface area contributed by atoms with Gasteiger partial charge in [0, 0.05) is 52.2 Å². The second-order valence-electron chi connectivity index (χ2n) is 6.93. The molecule has 3 saturated heterocycles. The van der Waals surface area contributed by atoms with Gasteiger partial charge < -0.3 is 10.1 Å². The third-order valence-corrected chi connectivity index (χ3v) is 6.67. The summed E-state index contributed by atoms with van der Waals surface area (Å²) >= 11 is 1.64. The van der Waals surface area contributed by atoms with Gasteiger partial charge in [-0.3, -0.25) is 4.90 Å². The van der Waals surface area contributed by atoms with E-state index in [-0.39, 0.29) is 5.60 Å². The van der Waals surface area contributed by atoms with E-state index in [4.69, 9.17) is 10.1 Å². The molecule has 0 amide bonds. The average molecular weight is 325 g/mol. The van der Waals surface area contributed by atoms with Crippen molar-refractivity contribution in [2.45, 2.75) is 24.9 Å². The van der Waals surface area contributed by atoms with E-state index in [0.29, 0.717) is 5.92 Å². The molecule has 2 aromatic heterocycles. The molecule has 0 aliphatic carbocycles. The van der Waals surface area contributed by atoms with Crippen molar-refractivity contribution < 1.29 is 4.74 Å². The Balaban J connectivity index is 1.48. The van der Waals surface area contributed by atoms with Crippen LogP contribution in [0.2, 0.25) is 0 Å². The minimum absolute atomic E-state index is 0.0278. The molecule has 2 bridgehead atoms. The monoisotopic (exact) mass is 325 g/mol. The molecular formula is C18H19N3OS. The third-order valence-electron chi connectivity index (χ3n) is 5.59. The van der Waals surface area contributed by atoms with E-state index in [1.54, 1.807) is 11.3 Å². The number of aromatic nitrogens is 1. The van der Waals surface area contributed by atoms with Crippen LogP contribution in [-0.4, -0.2) is 41.3 Å². The molecule has 4 aliphatic heterocycles. The van der Waals surface area contributed by atoms with Crippen molar-refractivity contribution in [3.8, 4) is 16.3 Å². The SMILES string of the molecule is N=Cc1ccc(-c2cnc3c(c2)C[C@@]2(CN4CCC2CC4)O3)s1. The molecule has 23 heavy (non-hydrogen) atoms. The Morgan fingerprint density at radius 3 is 2.91 bits per heavy atom. The first-order valence-corrected chi connectivity index (χ1v) is 9.08. The van der Waals surface area contributed by atoms with Crippen molar-refractivity contribution in [1.82, 2.24) is 9.88 Å². The highest BCUT2D eigenvalue weighted by Gasteiger charge is 2.52. The van der Waals surface area contributed by atoms with Gasteiger partial charge in [0.25, 0.3) is 0 Å². The van der Waals surface area contributed by atoms with Crippen LogP contribution in [0.25, 0.3) is 10.4 Å². The topological polar surface area (TPSA) is 49.2 Å². The van der Waals surface area contributed by atoms with E-state index in [0.717, 1.165) is 29.3 Å². The zero-order valence-corrected chi connectivity index (χ0v) is 13.7. The first kappa shape index (κ1) is 13.7. The van der Waals surface area contributed by atoms with Gasteiger partial charge >= 0.3 is 0 Å². The maximum absolute atomic E-state index is 7.36. The highest BCUT2D eigenvalue weighted by Crippen LogP contribution is 2.46. The van der Waals surface area contributed by atoms with Crippen molar-refractivity contribution in [2.24, 2.45) is 5.92 Å². The Hall–Kier alpha value is -1.72. The number of nitrogens with zero attached hydrogens (tertiary/aromatic N) is 2. The van der Waals surface area contributed by atoms with Crippen LogP contribution >= 0.6 is 11.3 Å². The van der Waals surface area contributed by atoms with Crippen LogP contribution in [0, 0.1) is 11.3 Å². The predicted molar refractivity (Wildman–Crippen MR) is 91.7 cm³/mol. The molecule has 1 spiro atoms. The molecule has 0 saturated carbocycles. The Labute approximate surface area is 139 Å². The van der Waals surface area contributed by atoms with Crippen LogP contribution in [0.1, 0.15) is 23.3 Å². The summed E-state index contributed by atoms with van der Waals surface area (Å²) in [6.07, 6.45) is 6.83. The Bertz CT molecular complexity index is 778. The molecule has 1 atom stereocenters. The fraction of sp³-hybridized carbons (Fsp3) is 0.444. The quantitative estimate of drug-likeness (QED) is 0.863. The van der Waals surface area contributed by atoms with Crippen LogP contribution < -0.4 is 4.74 Å². The lowest BCUT2D eigenvalue weighted by molar-refractivity contribution is -0.0814. The summed E-state index contributed by atoms with van der Waals surface area (Å²) in [5.41, 5.74) is 2.37. The molecule has 118 valence electrons. The van der Waals surface area contributed by atoms with Gasteiger partial charge in [0.15, 0.2) is 0 Å². The van der Waals surface area contributed by atoms with Crippen molar-refractivity contribution in [1.29, 1.82) is 5.41 Å². The molecule has 0 unspecified atom stereocenters. The molecule has 2 aromatic rings. The van der Waals surface area contributed by atoms with Gasteiger partial charge in [0.2, 0.25) is 5.88 Å². The van der Waals surface area contributed by atoms with Crippen molar-refractivity contribution in [2.75, 3.05) is 19.6 Å². The number of hydrogen-bond donors (Lipinski definition) is 1. The Morgan fingerprint density at radius 1 is 1.35 bits per heavy atom. The maximum Gasteiger partial charge on any atom is 0.217 e. The fourth-order valence-corrected chi connectivity index (χ4v) is 5.24. The lowest BCUT2D eigenvalue weighted by Crippen LogP contribution is -2.61. The van der Waals surface area contributed by atoms with E-state index in [2.05, 4.69) is 22.0 Å². The molecule has 4 nitrogen and oxygen atoms in total. The summed E-state index contributed by atoms with van der Waals surface area (Å²) in [6, 6.07) is 6.31. The lowest BCUT2D eigenvalue weighted by Gasteiger charge is -2.50.